The van der Waals surface area contributed by atoms with Crippen LogP contribution < -0.4 is 5.46 Å². The second-order valence-electron chi connectivity index (χ2n) is 18.1. The molecule has 4 heterocycles. The molecule has 0 bridgehead atoms. The zero-order valence-corrected chi connectivity index (χ0v) is 46.9. The lowest BCUT2D eigenvalue weighted by Crippen LogP contribution is -2.29. The zero-order chi connectivity index (χ0) is 51.4. The normalized spacial score (nSPS) is 12.2. The predicted octanol–water partition coefficient (Wildman–Crippen LogP) is 17.8. The Morgan fingerprint density at radius 3 is 1.43 bits per heavy atom. The molecule has 0 spiro atoms. The fourth-order valence-corrected chi connectivity index (χ4v) is 12.4. The molecule has 16 heteroatoms. The molecule has 8 aromatic rings. The SMILES string of the molecule is CC(=O)Cc1ccc(B(O)O)cc1.CCCCCCC(C)c1ccc(N=Nc2cc3sc(-c4ccc(CC(C)=O)cc4)nc3s2)cc1.CCCCCCC(C)c1ccc(N=Nc2cc3sc(Br)nc3s2)cc1. The minimum atomic E-state index is -1.44. The molecule has 2 N–H and O–H groups in total. The van der Waals surface area contributed by atoms with Crippen molar-refractivity contribution >= 4 is 126 Å². The van der Waals surface area contributed by atoms with Crippen molar-refractivity contribution in [2.24, 2.45) is 20.5 Å². The summed E-state index contributed by atoms with van der Waals surface area (Å²) in [4.78, 5) is 33.2. The highest BCUT2D eigenvalue weighted by Crippen LogP contribution is 2.40. The number of thiophene rings is 2. The van der Waals surface area contributed by atoms with E-state index >= 15 is 0 Å². The number of halogens is 1. The Bertz CT molecular complexity index is 2920. The van der Waals surface area contributed by atoms with Crippen molar-refractivity contribution in [2.45, 2.75) is 130 Å². The van der Waals surface area contributed by atoms with Crippen molar-refractivity contribution in [3.05, 3.63) is 135 Å². The van der Waals surface area contributed by atoms with Crippen molar-refractivity contribution in [3.8, 4) is 10.6 Å². The molecule has 0 aliphatic heterocycles. The second-order valence-corrected chi connectivity index (χ2v) is 23.5. The molecular weight excluding hydrogens is 1040 g/mol. The largest absolute Gasteiger partial charge is 0.488 e. The van der Waals surface area contributed by atoms with Gasteiger partial charge in [0.25, 0.3) is 0 Å². The van der Waals surface area contributed by atoms with Crippen LogP contribution in [0.5, 0.6) is 0 Å². The van der Waals surface area contributed by atoms with Crippen LogP contribution in [-0.4, -0.2) is 38.7 Å². The van der Waals surface area contributed by atoms with Crippen molar-refractivity contribution in [1.82, 2.24) is 9.97 Å². The Balaban J connectivity index is 0.000000195. The average molecular weight is 1100 g/mol. The summed E-state index contributed by atoms with van der Waals surface area (Å²) in [6.45, 7) is 12.3. The zero-order valence-electron chi connectivity index (χ0n) is 42.0. The van der Waals surface area contributed by atoms with Crippen molar-refractivity contribution < 1.29 is 19.6 Å². The molecule has 72 heavy (non-hydrogen) atoms. The van der Waals surface area contributed by atoms with E-state index in [1.807, 2.05) is 30.3 Å². The Morgan fingerprint density at radius 1 is 0.569 bits per heavy atom. The number of rotatable bonds is 22. The summed E-state index contributed by atoms with van der Waals surface area (Å²) in [6.07, 6.45) is 13.9. The third kappa shape index (κ3) is 18.2. The van der Waals surface area contributed by atoms with Crippen LogP contribution in [0.3, 0.4) is 0 Å². The molecule has 376 valence electrons. The summed E-state index contributed by atoms with van der Waals surface area (Å²) >= 11 is 9.81. The van der Waals surface area contributed by atoms with Crippen LogP contribution in [0, 0.1) is 0 Å². The standard InChI is InChI=1S/C28H31N3OS2.C19H22BrN3S2.C9H11BO3/c1-4-5-6-7-8-19(2)22-13-15-24(16-14-22)30-31-26-18-25-28(34-26)29-27(33-25)23-11-9-21(10-12-23)17-20(3)32;1-3-4-5-6-7-13(2)14-8-10-15(11-9-14)22-23-17-12-16-18(25-17)21-19(20)24-16;1-7(11)6-8-2-4-9(5-3-8)10(12)13/h9-16,18-19H,4-8,17H2,1-3H3;8-13H,3-7H2,1-2H3;2-5,12-13H,6H2,1H3. The Kier molecular flexibility index (Phi) is 22.8. The summed E-state index contributed by atoms with van der Waals surface area (Å²) in [7, 11) is -1.44. The first kappa shape index (κ1) is 56.4. The molecule has 0 aliphatic carbocycles. The quantitative estimate of drug-likeness (QED) is 0.0392. The van der Waals surface area contributed by atoms with E-state index in [-0.39, 0.29) is 11.6 Å². The number of hydrogen-bond acceptors (Lipinski definition) is 14. The number of hydrogen-bond donors (Lipinski definition) is 2. The smallest absolute Gasteiger partial charge is 0.423 e. The van der Waals surface area contributed by atoms with Crippen LogP contribution in [0.15, 0.2) is 134 Å². The molecule has 4 aromatic carbocycles. The lowest BCUT2D eigenvalue weighted by atomic mass is 9.80. The fraction of sp³-hybridized carbons (Fsp3) is 0.357. The lowest BCUT2D eigenvalue weighted by molar-refractivity contribution is -0.117. The molecule has 0 amide bonds. The van der Waals surface area contributed by atoms with Crippen LogP contribution >= 0.6 is 61.3 Å². The molecule has 0 saturated carbocycles. The molecule has 0 radical (unpaired) electrons. The lowest BCUT2D eigenvalue weighted by Gasteiger charge is -2.11. The maximum Gasteiger partial charge on any atom is 0.488 e. The Morgan fingerprint density at radius 2 is 1.01 bits per heavy atom. The van der Waals surface area contributed by atoms with Crippen molar-refractivity contribution in [1.29, 1.82) is 0 Å². The van der Waals surface area contributed by atoms with Gasteiger partial charge in [-0.25, -0.2) is 9.97 Å². The Hall–Kier alpha value is -4.94. The van der Waals surface area contributed by atoms with Crippen LogP contribution in [0.1, 0.15) is 140 Å². The number of carbonyl (C=O) groups excluding carboxylic acids is 2. The van der Waals surface area contributed by atoms with E-state index in [0.29, 0.717) is 30.1 Å². The summed E-state index contributed by atoms with van der Waals surface area (Å²) in [5, 5.41) is 37.9. The number of thiazole rings is 2. The Labute approximate surface area is 449 Å². The number of azo groups is 2. The number of fused-ring (bicyclic) bond motifs is 2. The molecule has 2 unspecified atom stereocenters. The van der Waals surface area contributed by atoms with E-state index in [1.165, 1.54) is 82.3 Å². The first-order valence-electron chi connectivity index (χ1n) is 24.8. The maximum absolute atomic E-state index is 11.3. The number of unbranched alkanes of at least 4 members (excludes halogenated alkanes) is 6. The van der Waals surface area contributed by atoms with Crippen LogP contribution in [0.2, 0.25) is 0 Å². The number of nitrogens with zero attached hydrogens (tertiary/aromatic N) is 6. The molecular formula is C56H64BBrN6O4S4. The maximum atomic E-state index is 11.3. The first-order valence-corrected chi connectivity index (χ1v) is 28.9. The van der Waals surface area contributed by atoms with E-state index in [1.54, 1.807) is 76.5 Å². The molecule has 8 rings (SSSR count). The molecule has 10 nitrogen and oxygen atoms in total. The highest BCUT2D eigenvalue weighted by atomic mass is 79.9. The number of carbonyl (C=O) groups is 2. The average Bonchev–Trinajstić information content (AvgIpc) is 4.14. The van der Waals surface area contributed by atoms with Gasteiger partial charge in [0.1, 0.15) is 36.2 Å². The van der Waals surface area contributed by atoms with E-state index < -0.39 is 7.12 Å². The predicted molar refractivity (Wildman–Crippen MR) is 309 cm³/mol. The van der Waals surface area contributed by atoms with Gasteiger partial charge in [-0.2, -0.15) is 0 Å². The van der Waals surface area contributed by atoms with Crippen LogP contribution in [0.25, 0.3) is 29.6 Å². The van der Waals surface area contributed by atoms with Gasteiger partial charge in [0.05, 0.1) is 20.8 Å². The van der Waals surface area contributed by atoms with Crippen molar-refractivity contribution in [2.75, 3.05) is 0 Å². The second kappa shape index (κ2) is 29.1. The molecule has 0 aliphatic rings. The van der Waals surface area contributed by atoms with Gasteiger partial charge in [-0.15, -0.1) is 43.1 Å². The van der Waals surface area contributed by atoms with E-state index in [4.69, 9.17) is 15.0 Å². The molecule has 2 atom stereocenters. The van der Waals surface area contributed by atoms with Gasteiger partial charge in [0.2, 0.25) is 0 Å². The number of benzene rings is 4. The van der Waals surface area contributed by atoms with Gasteiger partial charge in [0.15, 0.2) is 3.92 Å². The highest BCUT2D eigenvalue weighted by molar-refractivity contribution is 9.11. The number of aromatic nitrogens is 2. The molecule has 0 fully saturated rings. The van der Waals surface area contributed by atoms with E-state index in [2.05, 4.69) is 124 Å². The fourth-order valence-electron chi connectivity index (χ4n) is 7.83. The van der Waals surface area contributed by atoms with Gasteiger partial charge >= 0.3 is 7.12 Å². The van der Waals surface area contributed by atoms with Crippen LogP contribution in [0.4, 0.5) is 21.4 Å². The first-order chi connectivity index (χ1) is 34.8. The monoisotopic (exact) mass is 1100 g/mol. The van der Waals surface area contributed by atoms with Gasteiger partial charge in [-0.3, -0.25) is 9.59 Å². The summed E-state index contributed by atoms with van der Waals surface area (Å²) in [5.74, 6) is 1.46. The summed E-state index contributed by atoms with van der Waals surface area (Å²) < 4.78 is 3.18. The van der Waals surface area contributed by atoms with Crippen LogP contribution in [-0.2, 0) is 22.4 Å². The summed E-state index contributed by atoms with van der Waals surface area (Å²) in [6, 6.07) is 35.8. The molecule has 0 saturated heterocycles. The topological polar surface area (TPSA) is 150 Å². The van der Waals surface area contributed by atoms with Gasteiger partial charge in [-0.05, 0) is 119 Å². The number of Topliss-reactive ketones (excluding diaryl/α,β-unsaturated/α-hetero) is 2. The van der Waals surface area contributed by atoms with Crippen molar-refractivity contribution in [3.63, 3.8) is 0 Å². The van der Waals surface area contributed by atoms with Gasteiger partial charge in [-0.1, -0.05) is 175 Å². The minimum absolute atomic E-state index is 0.0947. The highest BCUT2D eigenvalue weighted by Gasteiger charge is 2.13. The minimum Gasteiger partial charge on any atom is -0.423 e. The van der Waals surface area contributed by atoms with E-state index in [9.17, 15) is 9.59 Å². The molecule has 4 aromatic heterocycles. The summed E-state index contributed by atoms with van der Waals surface area (Å²) in [5.41, 5.74) is 7.96. The van der Waals surface area contributed by atoms with Gasteiger partial charge < -0.3 is 10.0 Å². The van der Waals surface area contributed by atoms with Gasteiger partial charge in [0, 0.05) is 18.4 Å². The van der Waals surface area contributed by atoms with E-state index in [0.717, 1.165) is 66.1 Å². The number of ketones is 2. The third-order valence-corrected chi connectivity index (χ3v) is 16.5. The third-order valence-electron chi connectivity index (χ3n) is 11.9.